The van der Waals surface area contributed by atoms with E-state index in [1.54, 1.807) is 45.9 Å². The first-order chi connectivity index (χ1) is 14.3. The van der Waals surface area contributed by atoms with Crippen LogP contribution in [0.2, 0.25) is 0 Å². The van der Waals surface area contributed by atoms with E-state index in [2.05, 4.69) is 0 Å². The topological polar surface area (TPSA) is 89.9 Å². The Hall–Kier alpha value is -2.21. The maximum atomic E-state index is 13.1. The van der Waals surface area contributed by atoms with Gasteiger partial charge in [0.25, 0.3) is 0 Å². The van der Waals surface area contributed by atoms with Gasteiger partial charge in [0.15, 0.2) is 11.9 Å². The normalized spacial score (nSPS) is 39.1. The molecule has 0 aliphatic heterocycles. The Bertz CT molecular complexity index is 907. The van der Waals surface area contributed by atoms with Gasteiger partial charge in [-0.1, -0.05) is 38.5 Å². The number of aliphatic hydroxyl groups is 1. The number of allylic oxidation sites excluding steroid dienone is 4. The van der Waals surface area contributed by atoms with Crippen LogP contribution in [-0.2, 0) is 23.9 Å². The van der Waals surface area contributed by atoms with Gasteiger partial charge in [0.1, 0.15) is 12.2 Å². The number of hydrogen-bond donors (Lipinski definition) is 1. The second-order valence-electron chi connectivity index (χ2n) is 10.0. The maximum Gasteiger partial charge on any atom is 0.333 e. The molecule has 0 heterocycles. The summed E-state index contributed by atoms with van der Waals surface area (Å²) in [5.41, 5.74) is 0.227. The molecule has 0 spiro atoms. The van der Waals surface area contributed by atoms with Crippen LogP contribution in [0.4, 0.5) is 0 Å². The van der Waals surface area contributed by atoms with Gasteiger partial charge in [0.05, 0.1) is 0 Å². The average Bonchev–Trinajstić information content (AvgIpc) is 2.78. The second kappa shape index (κ2) is 7.73. The van der Waals surface area contributed by atoms with E-state index in [9.17, 15) is 19.5 Å². The van der Waals surface area contributed by atoms with Crippen molar-refractivity contribution in [3.05, 3.63) is 34.9 Å². The fourth-order valence-corrected chi connectivity index (χ4v) is 6.04. The van der Waals surface area contributed by atoms with Gasteiger partial charge in [-0.25, -0.2) is 9.59 Å². The predicted octanol–water partition coefficient (Wildman–Crippen LogP) is 3.54. The molecule has 0 aromatic rings. The van der Waals surface area contributed by atoms with Crippen molar-refractivity contribution in [2.45, 2.75) is 73.7 Å². The third-order valence-corrected chi connectivity index (χ3v) is 8.06. The van der Waals surface area contributed by atoms with Crippen molar-refractivity contribution in [2.24, 2.45) is 28.6 Å². The molecule has 1 N–H and O–H groups in total. The second-order valence-corrected chi connectivity index (χ2v) is 10.0. The molecule has 0 aromatic carbocycles. The highest BCUT2D eigenvalue weighted by Gasteiger charge is 2.76. The van der Waals surface area contributed by atoms with Gasteiger partial charge in [-0.2, -0.15) is 0 Å². The zero-order valence-corrected chi connectivity index (χ0v) is 19.7. The Kier molecular flexibility index (Phi) is 5.85. The average molecular weight is 431 g/mol. The molecule has 7 unspecified atom stereocenters. The summed E-state index contributed by atoms with van der Waals surface area (Å²) < 4.78 is 11.8. The highest BCUT2D eigenvalue weighted by molar-refractivity contribution is 5.97. The third-order valence-electron chi connectivity index (χ3n) is 8.06. The molecule has 7 atom stereocenters. The van der Waals surface area contributed by atoms with Crippen LogP contribution in [0.3, 0.4) is 0 Å². The minimum atomic E-state index is -1.11. The van der Waals surface area contributed by atoms with Gasteiger partial charge in [-0.05, 0) is 57.9 Å². The summed E-state index contributed by atoms with van der Waals surface area (Å²) in [6, 6.07) is 0. The van der Waals surface area contributed by atoms with Crippen molar-refractivity contribution in [3.63, 3.8) is 0 Å². The number of ether oxygens (including phenoxy) is 2. The Labute approximate surface area is 184 Å². The smallest absolute Gasteiger partial charge is 0.333 e. The number of aliphatic hydroxyl groups excluding tert-OH is 1. The molecule has 4 rings (SSSR count). The van der Waals surface area contributed by atoms with E-state index in [-0.39, 0.29) is 17.6 Å². The molecule has 4 bridgehead atoms. The van der Waals surface area contributed by atoms with E-state index in [1.165, 1.54) is 0 Å². The summed E-state index contributed by atoms with van der Waals surface area (Å²) in [4.78, 5) is 38.6. The predicted molar refractivity (Wildman–Crippen MR) is 116 cm³/mol. The van der Waals surface area contributed by atoms with Crippen molar-refractivity contribution in [2.75, 3.05) is 0 Å². The molecule has 3 saturated carbocycles. The van der Waals surface area contributed by atoms with Gasteiger partial charge in [-0.15, -0.1) is 0 Å². The minimum Gasteiger partial charge on any atom is -0.454 e. The van der Waals surface area contributed by atoms with Crippen LogP contribution in [0, 0.1) is 28.6 Å². The zero-order chi connectivity index (χ0) is 23.5. The Morgan fingerprint density at radius 3 is 2.00 bits per heavy atom. The lowest BCUT2D eigenvalue weighted by molar-refractivity contribution is -0.212. The molecule has 170 valence electrons. The molecule has 0 saturated heterocycles. The van der Waals surface area contributed by atoms with Crippen LogP contribution < -0.4 is 0 Å². The van der Waals surface area contributed by atoms with E-state index < -0.39 is 47.0 Å². The van der Waals surface area contributed by atoms with E-state index in [0.29, 0.717) is 11.1 Å². The van der Waals surface area contributed by atoms with Crippen molar-refractivity contribution in [1.82, 2.24) is 0 Å². The van der Waals surface area contributed by atoms with Crippen molar-refractivity contribution < 1.29 is 29.0 Å². The molecule has 4 aliphatic rings. The number of ketones is 1. The summed E-state index contributed by atoms with van der Waals surface area (Å²) in [6.45, 7) is 14.4. The lowest BCUT2D eigenvalue weighted by Gasteiger charge is -2.65. The molecule has 3 fully saturated rings. The molecule has 0 radical (unpaired) electrons. The van der Waals surface area contributed by atoms with E-state index >= 15 is 0 Å². The molecule has 6 nitrogen and oxygen atoms in total. The van der Waals surface area contributed by atoms with E-state index in [4.69, 9.17) is 9.47 Å². The fraction of sp³-hybridized carbons (Fsp3) is 0.640. The number of rotatable bonds is 4. The first-order valence-corrected chi connectivity index (χ1v) is 10.9. The Morgan fingerprint density at radius 1 is 1.00 bits per heavy atom. The first-order valence-electron chi connectivity index (χ1n) is 10.9. The minimum absolute atomic E-state index is 0.0202. The van der Waals surface area contributed by atoms with Gasteiger partial charge in [0, 0.05) is 22.5 Å². The van der Waals surface area contributed by atoms with E-state index in [1.807, 2.05) is 27.7 Å². The standard InChI is InChI=1S/C25H34O6/c1-9-12(3)22(28)30-19-20(27)24(6,7)18-16-14(5)11-15(26)17(18)25(16,8)21(19)31-23(29)13(4)10-2/h9-11,16-21,27H,1-8H3. The summed E-state index contributed by atoms with van der Waals surface area (Å²) in [5.74, 6) is -1.73. The van der Waals surface area contributed by atoms with Crippen LogP contribution in [0.25, 0.3) is 0 Å². The number of hydrogen-bond acceptors (Lipinski definition) is 6. The molecule has 0 aromatic heterocycles. The Balaban J connectivity index is 2.17. The quantitative estimate of drug-likeness (QED) is 0.542. The molecule has 6 heteroatoms. The van der Waals surface area contributed by atoms with Crippen molar-refractivity contribution >= 4 is 17.7 Å². The maximum absolute atomic E-state index is 13.1. The zero-order valence-electron chi connectivity index (χ0n) is 19.7. The largest absolute Gasteiger partial charge is 0.454 e. The monoisotopic (exact) mass is 430 g/mol. The van der Waals surface area contributed by atoms with Crippen LogP contribution in [0.15, 0.2) is 34.9 Å². The van der Waals surface area contributed by atoms with Gasteiger partial charge in [0.2, 0.25) is 0 Å². The number of carbonyl (C=O) groups is 3. The summed E-state index contributed by atoms with van der Waals surface area (Å²) in [6.07, 6.45) is 1.79. The highest BCUT2D eigenvalue weighted by Crippen LogP contribution is 2.72. The summed E-state index contributed by atoms with van der Waals surface area (Å²) in [7, 11) is 0. The van der Waals surface area contributed by atoms with Gasteiger partial charge < -0.3 is 14.6 Å². The first kappa shape index (κ1) is 23.5. The SMILES string of the molecule is CC=C(C)C(=O)OC1C(O)C(C)(C)C2C3C(=O)C=C(C)C2C3(C)C1OC(=O)C(C)=CC. The lowest BCUT2D eigenvalue weighted by Crippen LogP contribution is -2.68. The van der Waals surface area contributed by atoms with Crippen LogP contribution in [0.1, 0.15) is 55.4 Å². The molecule has 4 aliphatic carbocycles. The Morgan fingerprint density at radius 2 is 1.52 bits per heavy atom. The van der Waals surface area contributed by atoms with Crippen LogP contribution in [-0.4, -0.2) is 41.1 Å². The van der Waals surface area contributed by atoms with Gasteiger partial charge in [-0.3, -0.25) is 4.79 Å². The molecular weight excluding hydrogens is 396 g/mol. The number of fused-ring (bicyclic) bond motifs is 3. The van der Waals surface area contributed by atoms with Crippen molar-refractivity contribution in [1.29, 1.82) is 0 Å². The van der Waals surface area contributed by atoms with E-state index in [0.717, 1.165) is 5.57 Å². The van der Waals surface area contributed by atoms with Crippen LogP contribution >= 0.6 is 0 Å². The number of esters is 2. The molecular formula is C25H34O6. The number of carbonyl (C=O) groups excluding carboxylic acids is 3. The lowest BCUT2D eigenvalue weighted by atomic mass is 9.37. The fourth-order valence-electron chi connectivity index (χ4n) is 6.04. The molecule has 0 amide bonds. The summed E-state index contributed by atoms with van der Waals surface area (Å²) in [5, 5.41) is 11.5. The highest BCUT2D eigenvalue weighted by atomic mass is 16.6. The molecule has 31 heavy (non-hydrogen) atoms. The third kappa shape index (κ3) is 3.22. The summed E-state index contributed by atoms with van der Waals surface area (Å²) >= 11 is 0. The van der Waals surface area contributed by atoms with Crippen LogP contribution in [0.5, 0.6) is 0 Å². The van der Waals surface area contributed by atoms with Gasteiger partial charge >= 0.3 is 11.9 Å². The van der Waals surface area contributed by atoms with Crippen molar-refractivity contribution in [3.8, 4) is 0 Å².